The summed E-state index contributed by atoms with van der Waals surface area (Å²) in [5.41, 5.74) is 0. The molecule has 1 heterocycles. The molecular weight excluding hydrogens is 116 g/mol. The summed E-state index contributed by atoms with van der Waals surface area (Å²) in [7, 11) is 0. The fourth-order valence-electron chi connectivity index (χ4n) is 1.17. The Bertz CT molecular complexity index is 82.9. The van der Waals surface area contributed by atoms with E-state index in [9.17, 15) is 5.11 Å². The SMILES string of the molecule is CC1CCOC(C)[C@H]1O. The van der Waals surface area contributed by atoms with E-state index in [0.29, 0.717) is 5.92 Å². The summed E-state index contributed by atoms with van der Waals surface area (Å²) >= 11 is 0. The van der Waals surface area contributed by atoms with Gasteiger partial charge in [-0.15, -0.1) is 0 Å². The lowest BCUT2D eigenvalue weighted by molar-refractivity contribution is -0.0911. The van der Waals surface area contributed by atoms with Gasteiger partial charge in [0.1, 0.15) is 0 Å². The van der Waals surface area contributed by atoms with Gasteiger partial charge in [-0.2, -0.15) is 0 Å². The zero-order valence-electron chi connectivity index (χ0n) is 6.00. The summed E-state index contributed by atoms with van der Waals surface area (Å²) in [6.07, 6.45) is 0.776. The molecule has 54 valence electrons. The highest BCUT2D eigenvalue weighted by Gasteiger charge is 2.25. The van der Waals surface area contributed by atoms with Crippen molar-refractivity contribution in [2.24, 2.45) is 5.92 Å². The first-order valence-corrected chi connectivity index (χ1v) is 3.51. The maximum atomic E-state index is 9.32. The molecule has 0 saturated carbocycles. The largest absolute Gasteiger partial charge is 0.390 e. The van der Waals surface area contributed by atoms with E-state index in [4.69, 9.17) is 4.74 Å². The van der Waals surface area contributed by atoms with Crippen LogP contribution in [0.15, 0.2) is 0 Å². The van der Waals surface area contributed by atoms with Crippen molar-refractivity contribution in [3.05, 3.63) is 0 Å². The summed E-state index contributed by atoms with van der Waals surface area (Å²) in [4.78, 5) is 0. The van der Waals surface area contributed by atoms with Gasteiger partial charge in [0.2, 0.25) is 0 Å². The Balaban J connectivity index is 2.41. The monoisotopic (exact) mass is 130 g/mol. The van der Waals surface area contributed by atoms with E-state index in [1.54, 1.807) is 0 Å². The van der Waals surface area contributed by atoms with Crippen molar-refractivity contribution in [2.75, 3.05) is 6.61 Å². The molecule has 0 aromatic carbocycles. The van der Waals surface area contributed by atoms with Crippen molar-refractivity contribution in [1.82, 2.24) is 0 Å². The molecule has 1 aliphatic heterocycles. The molecule has 1 fully saturated rings. The van der Waals surface area contributed by atoms with Gasteiger partial charge in [0.25, 0.3) is 0 Å². The third-order valence-electron chi connectivity index (χ3n) is 2.02. The molecule has 0 aromatic heterocycles. The van der Waals surface area contributed by atoms with Crippen molar-refractivity contribution < 1.29 is 9.84 Å². The molecule has 1 N–H and O–H groups in total. The molecule has 0 amide bonds. The standard InChI is InChI=1S/C7H14O2/c1-5-3-4-9-6(2)7(5)8/h5-8H,3-4H2,1-2H3/t5?,6?,7-/m0/s1. The smallest absolute Gasteiger partial charge is 0.0825 e. The van der Waals surface area contributed by atoms with Gasteiger partial charge < -0.3 is 9.84 Å². The fraction of sp³-hybridized carbons (Fsp3) is 1.00. The van der Waals surface area contributed by atoms with E-state index in [-0.39, 0.29) is 12.2 Å². The Labute approximate surface area is 55.8 Å². The molecule has 1 aliphatic rings. The van der Waals surface area contributed by atoms with E-state index in [1.165, 1.54) is 0 Å². The maximum Gasteiger partial charge on any atom is 0.0825 e. The summed E-state index contributed by atoms with van der Waals surface area (Å²) in [6, 6.07) is 0. The van der Waals surface area contributed by atoms with Crippen LogP contribution >= 0.6 is 0 Å². The average Bonchev–Trinajstić information content (AvgIpc) is 1.83. The van der Waals surface area contributed by atoms with Crippen LogP contribution in [0.3, 0.4) is 0 Å². The molecular formula is C7H14O2. The highest BCUT2D eigenvalue weighted by atomic mass is 16.5. The lowest BCUT2D eigenvalue weighted by atomic mass is 9.95. The Morgan fingerprint density at radius 3 is 2.56 bits per heavy atom. The van der Waals surface area contributed by atoms with Crippen LogP contribution in [0, 0.1) is 5.92 Å². The molecule has 1 rings (SSSR count). The summed E-state index contributed by atoms with van der Waals surface area (Å²) in [5, 5.41) is 9.32. The average molecular weight is 130 g/mol. The van der Waals surface area contributed by atoms with Crippen LogP contribution in [0.1, 0.15) is 20.3 Å². The number of aliphatic hydroxyl groups excluding tert-OH is 1. The third kappa shape index (κ3) is 1.43. The molecule has 0 radical (unpaired) electrons. The van der Waals surface area contributed by atoms with Crippen LogP contribution in [0.2, 0.25) is 0 Å². The number of hydrogen-bond donors (Lipinski definition) is 1. The van der Waals surface area contributed by atoms with Gasteiger partial charge in [-0.3, -0.25) is 0 Å². The van der Waals surface area contributed by atoms with Crippen molar-refractivity contribution in [3.63, 3.8) is 0 Å². The van der Waals surface area contributed by atoms with Crippen molar-refractivity contribution in [3.8, 4) is 0 Å². The minimum Gasteiger partial charge on any atom is -0.390 e. The molecule has 2 nitrogen and oxygen atoms in total. The van der Waals surface area contributed by atoms with Crippen molar-refractivity contribution in [2.45, 2.75) is 32.5 Å². The molecule has 0 spiro atoms. The summed E-state index contributed by atoms with van der Waals surface area (Å²) < 4.78 is 5.21. The minimum absolute atomic E-state index is 0.0359. The van der Waals surface area contributed by atoms with Crippen LogP contribution < -0.4 is 0 Å². The van der Waals surface area contributed by atoms with E-state index in [2.05, 4.69) is 6.92 Å². The van der Waals surface area contributed by atoms with Gasteiger partial charge >= 0.3 is 0 Å². The molecule has 1 saturated heterocycles. The molecule has 2 heteroatoms. The van der Waals surface area contributed by atoms with Gasteiger partial charge in [0.05, 0.1) is 12.2 Å². The topological polar surface area (TPSA) is 29.5 Å². The van der Waals surface area contributed by atoms with Gasteiger partial charge in [-0.25, -0.2) is 0 Å². The van der Waals surface area contributed by atoms with Crippen LogP contribution in [-0.2, 0) is 4.74 Å². The van der Waals surface area contributed by atoms with E-state index < -0.39 is 0 Å². The summed E-state index contributed by atoms with van der Waals surface area (Å²) in [5.74, 6) is 0.411. The van der Waals surface area contributed by atoms with E-state index in [1.807, 2.05) is 6.92 Å². The number of hydrogen-bond acceptors (Lipinski definition) is 2. The van der Waals surface area contributed by atoms with Crippen LogP contribution in [0.25, 0.3) is 0 Å². The molecule has 0 aliphatic carbocycles. The van der Waals surface area contributed by atoms with Crippen molar-refractivity contribution >= 4 is 0 Å². The Hall–Kier alpha value is -0.0800. The zero-order valence-corrected chi connectivity index (χ0v) is 6.00. The van der Waals surface area contributed by atoms with Crippen LogP contribution in [-0.4, -0.2) is 23.9 Å². The van der Waals surface area contributed by atoms with Crippen LogP contribution in [0.4, 0.5) is 0 Å². The highest BCUT2D eigenvalue weighted by Crippen LogP contribution is 2.19. The Morgan fingerprint density at radius 2 is 2.11 bits per heavy atom. The number of ether oxygens (including phenoxy) is 1. The predicted octanol–water partition coefficient (Wildman–Crippen LogP) is 0.792. The lowest BCUT2D eigenvalue weighted by Gasteiger charge is -2.30. The molecule has 0 bridgehead atoms. The van der Waals surface area contributed by atoms with Gasteiger partial charge in [0.15, 0.2) is 0 Å². The Morgan fingerprint density at radius 1 is 1.44 bits per heavy atom. The first kappa shape index (κ1) is 7.03. The quantitative estimate of drug-likeness (QED) is 0.525. The molecule has 9 heavy (non-hydrogen) atoms. The second-order valence-electron chi connectivity index (χ2n) is 2.83. The lowest BCUT2D eigenvalue weighted by Crippen LogP contribution is -2.37. The first-order valence-electron chi connectivity index (χ1n) is 3.51. The van der Waals surface area contributed by atoms with Gasteiger partial charge in [-0.05, 0) is 19.3 Å². The molecule has 0 aromatic rings. The normalized spacial score (nSPS) is 45.0. The second-order valence-corrected chi connectivity index (χ2v) is 2.83. The Kier molecular flexibility index (Phi) is 2.09. The van der Waals surface area contributed by atoms with Gasteiger partial charge in [0, 0.05) is 6.61 Å². The van der Waals surface area contributed by atoms with Crippen molar-refractivity contribution in [1.29, 1.82) is 0 Å². The van der Waals surface area contributed by atoms with Gasteiger partial charge in [-0.1, -0.05) is 6.92 Å². The molecule has 2 unspecified atom stereocenters. The third-order valence-corrected chi connectivity index (χ3v) is 2.02. The number of rotatable bonds is 0. The second kappa shape index (κ2) is 2.67. The highest BCUT2D eigenvalue weighted by molar-refractivity contribution is 4.74. The predicted molar refractivity (Wildman–Crippen MR) is 35.2 cm³/mol. The number of aliphatic hydroxyl groups is 1. The van der Waals surface area contributed by atoms with Crippen LogP contribution in [0.5, 0.6) is 0 Å². The zero-order chi connectivity index (χ0) is 6.85. The first-order chi connectivity index (χ1) is 4.22. The fourth-order valence-corrected chi connectivity index (χ4v) is 1.17. The summed E-state index contributed by atoms with van der Waals surface area (Å²) in [6.45, 7) is 4.78. The maximum absolute atomic E-state index is 9.32. The minimum atomic E-state index is -0.251. The molecule has 3 atom stereocenters. The van der Waals surface area contributed by atoms with E-state index in [0.717, 1.165) is 13.0 Å². The van der Waals surface area contributed by atoms with E-state index >= 15 is 0 Å².